The first-order valence-electron chi connectivity index (χ1n) is 7.13. The van der Waals surface area contributed by atoms with Crippen molar-refractivity contribution in [2.45, 2.75) is 19.3 Å². The predicted octanol–water partition coefficient (Wildman–Crippen LogP) is 3.90. The molecule has 0 fully saturated rings. The number of carbonyl (C=O) groups is 1. The maximum Gasteiger partial charge on any atom is 0.226 e. The van der Waals surface area contributed by atoms with Gasteiger partial charge in [0.15, 0.2) is 0 Å². The summed E-state index contributed by atoms with van der Waals surface area (Å²) in [6.07, 6.45) is 1.31. The zero-order valence-corrected chi connectivity index (χ0v) is 13.0. The summed E-state index contributed by atoms with van der Waals surface area (Å²) in [5.74, 6) is 0.365. The second-order valence-corrected chi connectivity index (χ2v) is 5.82. The molecule has 0 aliphatic rings. The smallest absolute Gasteiger partial charge is 0.226 e. The zero-order chi connectivity index (χ0) is 16.1. The number of rotatable bonds is 6. The van der Waals surface area contributed by atoms with Crippen molar-refractivity contribution in [3.63, 3.8) is 0 Å². The van der Waals surface area contributed by atoms with Crippen molar-refractivity contribution in [2.75, 3.05) is 5.32 Å². The van der Waals surface area contributed by atoms with E-state index in [-0.39, 0.29) is 18.0 Å². The number of para-hydroxylation sites is 1. The second kappa shape index (κ2) is 7.15. The van der Waals surface area contributed by atoms with Gasteiger partial charge < -0.3 is 9.84 Å². The van der Waals surface area contributed by atoms with E-state index in [0.29, 0.717) is 24.6 Å². The lowest BCUT2D eigenvalue weighted by Crippen LogP contribution is -2.12. The summed E-state index contributed by atoms with van der Waals surface area (Å²) in [4.78, 5) is 17.0. The molecule has 5 nitrogen and oxygen atoms in total. The van der Waals surface area contributed by atoms with Gasteiger partial charge in [0.05, 0.1) is 10.6 Å². The molecule has 1 N–H and O–H groups in total. The Morgan fingerprint density at radius 2 is 2.13 bits per heavy atom. The van der Waals surface area contributed by atoms with E-state index >= 15 is 0 Å². The minimum absolute atomic E-state index is 0.190. The number of halogens is 1. The van der Waals surface area contributed by atoms with Gasteiger partial charge in [0.25, 0.3) is 0 Å². The number of amides is 1. The van der Waals surface area contributed by atoms with Crippen molar-refractivity contribution in [2.24, 2.45) is 0 Å². The Bertz CT molecular complexity index is 786. The summed E-state index contributed by atoms with van der Waals surface area (Å²) in [7, 11) is 0. The molecule has 0 aliphatic heterocycles. The third kappa shape index (κ3) is 4.01. The van der Waals surface area contributed by atoms with Crippen LogP contribution in [0, 0.1) is 5.82 Å². The molecular formula is C16H14FN3O2S. The van der Waals surface area contributed by atoms with E-state index in [4.69, 9.17) is 4.52 Å². The van der Waals surface area contributed by atoms with Gasteiger partial charge in [-0.1, -0.05) is 23.4 Å². The highest BCUT2D eigenvalue weighted by Gasteiger charge is 2.11. The second-order valence-electron chi connectivity index (χ2n) is 4.87. The molecule has 2 heterocycles. The van der Waals surface area contributed by atoms with Crippen LogP contribution in [0.25, 0.3) is 10.7 Å². The Labute approximate surface area is 136 Å². The standard InChI is InChI=1S/C16H14FN3O2S/c17-11-5-1-2-6-12(11)18-14(21)8-3-9-15-19-16(20-22-15)13-7-4-10-23-13/h1-2,4-7,10H,3,8-9H2,(H,18,21). The number of nitrogens with one attached hydrogen (secondary N) is 1. The molecule has 7 heteroatoms. The van der Waals surface area contributed by atoms with Crippen LogP contribution >= 0.6 is 11.3 Å². The molecule has 0 saturated heterocycles. The first-order chi connectivity index (χ1) is 11.2. The number of carbonyl (C=O) groups excluding carboxylic acids is 1. The van der Waals surface area contributed by atoms with Gasteiger partial charge in [-0.2, -0.15) is 4.98 Å². The molecule has 3 aromatic rings. The molecular weight excluding hydrogens is 317 g/mol. The third-order valence-corrected chi connectivity index (χ3v) is 4.02. The van der Waals surface area contributed by atoms with Crippen LogP contribution in [0.1, 0.15) is 18.7 Å². The van der Waals surface area contributed by atoms with Crippen LogP contribution in [0.3, 0.4) is 0 Å². The van der Waals surface area contributed by atoms with Crippen molar-refractivity contribution in [1.82, 2.24) is 10.1 Å². The molecule has 1 aromatic carbocycles. The van der Waals surface area contributed by atoms with Crippen LogP contribution in [0.4, 0.5) is 10.1 Å². The normalized spacial score (nSPS) is 10.7. The molecule has 0 radical (unpaired) electrons. The number of thiophene rings is 1. The number of hydrogen-bond acceptors (Lipinski definition) is 5. The number of hydrogen-bond donors (Lipinski definition) is 1. The highest BCUT2D eigenvalue weighted by atomic mass is 32.1. The molecule has 0 unspecified atom stereocenters. The summed E-state index contributed by atoms with van der Waals surface area (Å²) >= 11 is 1.54. The quantitative estimate of drug-likeness (QED) is 0.744. The fourth-order valence-electron chi connectivity index (χ4n) is 2.04. The van der Waals surface area contributed by atoms with E-state index < -0.39 is 5.82 Å². The highest BCUT2D eigenvalue weighted by molar-refractivity contribution is 7.13. The summed E-state index contributed by atoms with van der Waals surface area (Å²) in [6, 6.07) is 9.91. The molecule has 118 valence electrons. The molecule has 0 atom stereocenters. The van der Waals surface area contributed by atoms with Gasteiger partial charge in [-0.25, -0.2) is 4.39 Å². The Morgan fingerprint density at radius 1 is 1.26 bits per heavy atom. The van der Waals surface area contributed by atoms with Crippen molar-refractivity contribution in [3.05, 3.63) is 53.5 Å². The van der Waals surface area contributed by atoms with E-state index in [9.17, 15) is 9.18 Å². The predicted molar refractivity (Wildman–Crippen MR) is 85.6 cm³/mol. The summed E-state index contributed by atoms with van der Waals surface area (Å²) in [5.41, 5.74) is 0.190. The maximum atomic E-state index is 13.4. The largest absolute Gasteiger partial charge is 0.339 e. The van der Waals surface area contributed by atoms with Gasteiger partial charge in [-0.3, -0.25) is 4.79 Å². The fraction of sp³-hybridized carbons (Fsp3) is 0.188. The molecule has 23 heavy (non-hydrogen) atoms. The number of anilines is 1. The van der Waals surface area contributed by atoms with Gasteiger partial charge in [-0.05, 0) is 30.0 Å². The highest BCUT2D eigenvalue weighted by Crippen LogP contribution is 2.21. The van der Waals surface area contributed by atoms with Gasteiger partial charge in [0.2, 0.25) is 17.6 Å². The Morgan fingerprint density at radius 3 is 2.91 bits per heavy atom. The van der Waals surface area contributed by atoms with Crippen LogP contribution < -0.4 is 5.32 Å². The Hall–Kier alpha value is -2.54. The average Bonchev–Trinajstić information content (AvgIpc) is 3.20. The van der Waals surface area contributed by atoms with Gasteiger partial charge in [-0.15, -0.1) is 11.3 Å². The van der Waals surface area contributed by atoms with Crippen molar-refractivity contribution < 1.29 is 13.7 Å². The average molecular weight is 331 g/mol. The number of nitrogens with zero attached hydrogens (tertiary/aromatic N) is 2. The molecule has 3 rings (SSSR count). The van der Waals surface area contributed by atoms with E-state index in [0.717, 1.165) is 4.88 Å². The monoisotopic (exact) mass is 331 g/mol. The van der Waals surface area contributed by atoms with Gasteiger partial charge in [0.1, 0.15) is 5.82 Å². The molecule has 0 bridgehead atoms. The van der Waals surface area contributed by atoms with E-state index in [1.807, 2.05) is 17.5 Å². The fourth-order valence-corrected chi connectivity index (χ4v) is 2.69. The summed E-state index contributed by atoms with van der Waals surface area (Å²) < 4.78 is 18.6. The minimum atomic E-state index is -0.446. The summed E-state index contributed by atoms with van der Waals surface area (Å²) in [5, 5.41) is 8.40. The first-order valence-corrected chi connectivity index (χ1v) is 8.01. The van der Waals surface area contributed by atoms with Crippen LogP contribution in [-0.4, -0.2) is 16.0 Å². The van der Waals surface area contributed by atoms with Crippen LogP contribution in [-0.2, 0) is 11.2 Å². The SMILES string of the molecule is O=C(CCCc1nc(-c2cccs2)no1)Nc1ccccc1F. The summed E-state index contributed by atoms with van der Waals surface area (Å²) in [6.45, 7) is 0. The van der Waals surface area contributed by atoms with Crippen LogP contribution in [0.2, 0.25) is 0 Å². The maximum absolute atomic E-state index is 13.4. The van der Waals surface area contributed by atoms with E-state index in [2.05, 4.69) is 15.5 Å². The minimum Gasteiger partial charge on any atom is -0.339 e. The number of benzene rings is 1. The molecule has 0 aliphatic carbocycles. The van der Waals surface area contributed by atoms with Gasteiger partial charge >= 0.3 is 0 Å². The lowest BCUT2D eigenvalue weighted by Gasteiger charge is -2.05. The lowest BCUT2D eigenvalue weighted by molar-refractivity contribution is -0.116. The van der Waals surface area contributed by atoms with Gasteiger partial charge in [0, 0.05) is 12.8 Å². The lowest BCUT2D eigenvalue weighted by atomic mass is 10.2. The van der Waals surface area contributed by atoms with E-state index in [1.54, 1.807) is 12.1 Å². The molecule has 0 spiro atoms. The van der Waals surface area contributed by atoms with Crippen molar-refractivity contribution in [1.29, 1.82) is 0 Å². The van der Waals surface area contributed by atoms with Crippen LogP contribution in [0.15, 0.2) is 46.3 Å². The molecule has 0 saturated carbocycles. The number of aryl methyl sites for hydroxylation is 1. The zero-order valence-electron chi connectivity index (χ0n) is 12.2. The van der Waals surface area contributed by atoms with Crippen LogP contribution in [0.5, 0.6) is 0 Å². The first kappa shape index (κ1) is 15.4. The molecule has 2 aromatic heterocycles. The van der Waals surface area contributed by atoms with Crippen molar-refractivity contribution >= 4 is 22.9 Å². The van der Waals surface area contributed by atoms with Crippen molar-refractivity contribution in [3.8, 4) is 10.7 Å². The topological polar surface area (TPSA) is 68.0 Å². The number of aromatic nitrogens is 2. The van der Waals surface area contributed by atoms with E-state index in [1.165, 1.54) is 23.5 Å². The Balaban J connectivity index is 1.48. The third-order valence-electron chi connectivity index (χ3n) is 3.15. The Kier molecular flexibility index (Phi) is 4.77. The molecule has 1 amide bonds.